The van der Waals surface area contributed by atoms with Gasteiger partial charge in [-0.15, -0.1) is 40.8 Å². The summed E-state index contributed by atoms with van der Waals surface area (Å²) >= 11 is 0. The van der Waals surface area contributed by atoms with Crippen LogP contribution in [0.25, 0.3) is 0 Å². The maximum atomic E-state index is 4.38. The third-order valence-electron chi connectivity index (χ3n) is 4.29. The minimum atomic E-state index is 0. The largest absolute Gasteiger partial charge is 0.356 e. The van der Waals surface area contributed by atoms with E-state index in [1.807, 2.05) is 13.1 Å². The molecule has 2 heterocycles. The molecule has 1 aliphatic rings. The van der Waals surface area contributed by atoms with Crippen LogP contribution in [0.4, 0.5) is 0 Å². The average molecular weight is 446 g/mol. The Bertz CT molecular complexity index is 525. The Balaban J connectivity index is 0.00000288. The molecule has 0 bridgehead atoms. The van der Waals surface area contributed by atoms with Gasteiger partial charge in [0, 0.05) is 46.6 Å². The Kier molecular flexibility index (Phi) is 9.97. The second-order valence-electron chi connectivity index (χ2n) is 6.07. The predicted molar refractivity (Wildman–Crippen MR) is 110 cm³/mol. The van der Waals surface area contributed by atoms with Gasteiger partial charge in [-0.05, 0) is 25.7 Å². The van der Waals surface area contributed by atoms with E-state index >= 15 is 0 Å². The van der Waals surface area contributed by atoms with E-state index in [0.717, 1.165) is 62.9 Å². The summed E-state index contributed by atoms with van der Waals surface area (Å²) < 4.78 is 2.31. The first-order valence-electron chi connectivity index (χ1n) is 8.70. The van der Waals surface area contributed by atoms with Gasteiger partial charge in [0.1, 0.15) is 11.6 Å². The monoisotopic (exact) mass is 446 g/mol. The standard InChI is InChI=1S/C17H30N6.HI/c1-4-5-8-13-22(3)17(18-2)19-12-11-16-21-20-15-10-7-6-9-14-23(15)16;/h4H,1,5-14H2,2-3H3,(H,18,19);1H. The molecule has 1 N–H and O–H groups in total. The van der Waals surface area contributed by atoms with E-state index < -0.39 is 0 Å². The van der Waals surface area contributed by atoms with Gasteiger partial charge in [-0.1, -0.05) is 12.5 Å². The number of guanidine groups is 1. The highest BCUT2D eigenvalue weighted by molar-refractivity contribution is 14.0. The SMILES string of the molecule is C=CCCCN(C)C(=NC)NCCc1nnc2n1CCCCC2.I. The number of allylic oxidation sites excluding steroid dienone is 1. The fourth-order valence-corrected chi connectivity index (χ4v) is 2.98. The molecule has 0 aromatic carbocycles. The van der Waals surface area contributed by atoms with Crippen molar-refractivity contribution in [1.29, 1.82) is 0 Å². The third-order valence-corrected chi connectivity index (χ3v) is 4.29. The molecule has 1 aromatic heterocycles. The van der Waals surface area contributed by atoms with Gasteiger partial charge in [0.25, 0.3) is 0 Å². The van der Waals surface area contributed by atoms with E-state index in [2.05, 4.69) is 43.6 Å². The lowest BCUT2D eigenvalue weighted by Crippen LogP contribution is -2.40. The molecule has 0 atom stereocenters. The van der Waals surface area contributed by atoms with Gasteiger partial charge in [0.2, 0.25) is 0 Å². The topological polar surface area (TPSA) is 58.3 Å². The van der Waals surface area contributed by atoms with Gasteiger partial charge in [-0.25, -0.2) is 0 Å². The molecule has 136 valence electrons. The molecular formula is C17H31IN6. The third kappa shape index (κ3) is 6.07. The number of nitrogens with one attached hydrogen (secondary N) is 1. The number of fused-ring (bicyclic) bond motifs is 1. The molecule has 1 aliphatic heterocycles. The van der Waals surface area contributed by atoms with Gasteiger partial charge < -0.3 is 14.8 Å². The van der Waals surface area contributed by atoms with Crippen LogP contribution in [0.15, 0.2) is 17.6 Å². The highest BCUT2D eigenvalue weighted by Crippen LogP contribution is 2.14. The number of aryl methyl sites for hydroxylation is 1. The fourth-order valence-electron chi connectivity index (χ4n) is 2.98. The van der Waals surface area contributed by atoms with Crippen LogP contribution in [-0.4, -0.2) is 52.8 Å². The summed E-state index contributed by atoms with van der Waals surface area (Å²) in [7, 11) is 3.90. The Morgan fingerprint density at radius 3 is 2.96 bits per heavy atom. The number of unbranched alkanes of at least 4 members (excludes halogenated alkanes) is 1. The summed E-state index contributed by atoms with van der Waals surface area (Å²) in [6.07, 6.45) is 9.80. The molecule has 0 fully saturated rings. The van der Waals surface area contributed by atoms with E-state index in [4.69, 9.17) is 0 Å². The summed E-state index contributed by atoms with van der Waals surface area (Å²) in [5, 5.41) is 12.2. The van der Waals surface area contributed by atoms with Crippen LogP contribution in [0.2, 0.25) is 0 Å². The number of halogens is 1. The maximum Gasteiger partial charge on any atom is 0.193 e. The van der Waals surface area contributed by atoms with Crippen molar-refractivity contribution < 1.29 is 0 Å². The fraction of sp³-hybridized carbons (Fsp3) is 0.706. The van der Waals surface area contributed by atoms with Gasteiger partial charge in [-0.3, -0.25) is 4.99 Å². The lowest BCUT2D eigenvalue weighted by atomic mass is 10.2. The zero-order chi connectivity index (χ0) is 16.5. The van der Waals surface area contributed by atoms with Crippen molar-refractivity contribution in [3.63, 3.8) is 0 Å². The summed E-state index contributed by atoms with van der Waals surface area (Å²) in [5.41, 5.74) is 0. The smallest absolute Gasteiger partial charge is 0.193 e. The lowest BCUT2D eigenvalue weighted by molar-refractivity contribution is 0.469. The van der Waals surface area contributed by atoms with Crippen molar-refractivity contribution in [3.05, 3.63) is 24.3 Å². The van der Waals surface area contributed by atoms with E-state index in [1.54, 1.807) is 0 Å². The first-order valence-corrected chi connectivity index (χ1v) is 8.70. The quantitative estimate of drug-likeness (QED) is 0.230. The van der Waals surface area contributed by atoms with Gasteiger partial charge >= 0.3 is 0 Å². The normalized spacial score (nSPS) is 14.3. The number of hydrogen-bond acceptors (Lipinski definition) is 3. The van der Waals surface area contributed by atoms with Crippen molar-refractivity contribution in [2.24, 2.45) is 4.99 Å². The molecule has 24 heavy (non-hydrogen) atoms. The number of hydrogen-bond donors (Lipinski definition) is 1. The number of aromatic nitrogens is 3. The Labute approximate surface area is 162 Å². The van der Waals surface area contributed by atoms with Crippen LogP contribution in [0, 0.1) is 0 Å². The van der Waals surface area contributed by atoms with Crippen LogP contribution in [0.3, 0.4) is 0 Å². The predicted octanol–water partition coefficient (Wildman–Crippen LogP) is 2.64. The Morgan fingerprint density at radius 2 is 2.21 bits per heavy atom. The van der Waals surface area contributed by atoms with Crippen molar-refractivity contribution in [3.8, 4) is 0 Å². The first kappa shape index (κ1) is 20.9. The van der Waals surface area contributed by atoms with E-state index in [9.17, 15) is 0 Å². The zero-order valence-electron chi connectivity index (χ0n) is 15.0. The summed E-state index contributed by atoms with van der Waals surface area (Å²) in [6.45, 7) is 6.63. The molecule has 0 amide bonds. The molecule has 0 saturated heterocycles. The van der Waals surface area contributed by atoms with Crippen molar-refractivity contribution in [1.82, 2.24) is 25.0 Å². The number of aliphatic imine (C=N–C) groups is 1. The van der Waals surface area contributed by atoms with Gasteiger partial charge in [0.05, 0.1) is 0 Å². The number of rotatable bonds is 7. The first-order chi connectivity index (χ1) is 11.3. The van der Waals surface area contributed by atoms with Gasteiger partial charge in [-0.2, -0.15) is 0 Å². The van der Waals surface area contributed by atoms with E-state index in [0.29, 0.717) is 0 Å². The average Bonchev–Trinajstić information content (AvgIpc) is 2.79. The van der Waals surface area contributed by atoms with Crippen LogP contribution in [-0.2, 0) is 19.4 Å². The molecular weight excluding hydrogens is 415 g/mol. The minimum absolute atomic E-state index is 0. The molecule has 0 saturated carbocycles. The molecule has 7 heteroatoms. The summed E-state index contributed by atoms with van der Waals surface area (Å²) in [5.74, 6) is 3.19. The second kappa shape index (κ2) is 11.4. The zero-order valence-corrected chi connectivity index (χ0v) is 17.3. The van der Waals surface area contributed by atoms with E-state index in [-0.39, 0.29) is 24.0 Å². The maximum absolute atomic E-state index is 4.38. The lowest BCUT2D eigenvalue weighted by Gasteiger charge is -2.21. The molecule has 0 spiro atoms. The number of nitrogens with zero attached hydrogens (tertiary/aromatic N) is 5. The van der Waals surface area contributed by atoms with Crippen molar-refractivity contribution in [2.45, 2.75) is 51.5 Å². The van der Waals surface area contributed by atoms with Gasteiger partial charge in [0.15, 0.2) is 5.96 Å². The summed E-state index contributed by atoms with van der Waals surface area (Å²) in [4.78, 5) is 6.51. The summed E-state index contributed by atoms with van der Waals surface area (Å²) in [6, 6.07) is 0. The van der Waals surface area contributed by atoms with Crippen LogP contribution < -0.4 is 5.32 Å². The van der Waals surface area contributed by atoms with Crippen molar-refractivity contribution in [2.75, 3.05) is 27.2 Å². The molecule has 0 unspecified atom stereocenters. The van der Waals surface area contributed by atoms with Crippen LogP contribution in [0.1, 0.15) is 43.8 Å². The molecule has 1 aromatic rings. The Morgan fingerprint density at radius 1 is 1.38 bits per heavy atom. The highest BCUT2D eigenvalue weighted by atomic mass is 127. The molecule has 0 aliphatic carbocycles. The second-order valence-corrected chi connectivity index (χ2v) is 6.07. The molecule has 6 nitrogen and oxygen atoms in total. The molecule has 2 rings (SSSR count). The Hall–Kier alpha value is -1.12. The minimum Gasteiger partial charge on any atom is -0.356 e. The van der Waals surface area contributed by atoms with Crippen LogP contribution in [0.5, 0.6) is 0 Å². The highest BCUT2D eigenvalue weighted by Gasteiger charge is 2.14. The van der Waals surface area contributed by atoms with Crippen molar-refractivity contribution >= 4 is 29.9 Å². The molecule has 0 radical (unpaired) electrons. The van der Waals surface area contributed by atoms with Crippen LogP contribution >= 0.6 is 24.0 Å². The van der Waals surface area contributed by atoms with E-state index in [1.165, 1.54) is 19.3 Å².